The Morgan fingerprint density at radius 1 is 1.13 bits per heavy atom. The molecule has 0 aliphatic rings. The van der Waals surface area contributed by atoms with Crippen LogP contribution in [0.4, 0.5) is 5.82 Å². The maximum Gasteiger partial charge on any atom is 0.257 e. The van der Waals surface area contributed by atoms with E-state index in [0.29, 0.717) is 10.8 Å². The maximum atomic E-state index is 6.20. The lowest BCUT2D eigenvalue weighted by Crippen LogP contribution is -2.00. The van der Waals surface area contributed by atoms with E-state index in [9.17, 15) is 0 Å². The minimum Gasteiger partial charge on any atom is -0.372 e. The van der Waals surface area contributed by atoms with Crippen molar-refractivity contribution in [2.45, 2.75) is 0 Å². The highest BCUT2D eigenvalue weighted by molar-refractivity contribution is 9.10. The van der Waals surface area contributed by atoms with Crippen LogP contribution in [-0.4, -0.2) is 26.6 Å². The largest absolute Gasteiger partial charge is 0.372 e. The molecule has 0 saturated heterocycles. The molecule has 23 heavy (non-hydrogen) atoms. The first-order chi connectivity index (χ1) is 11.2. The van der Waals surface area contributed by atoms with Gasteiger partial charge in [-0.05, 0) is 30.3 Å². The Labute approximate surface area is 145 Å². The minimum atomic E-state index is 0.527. The summed E-state index contributed by atoms with van der Waals surface area (Å²) in [5.74, 6) is 2.00. The molecule has 4 rings (SSSR count). The monoisotopic (exact) mass is 387 g/mol. The number of anilines is 1. The number of aromatic nitrogens is 4. The predicted octanol–water partition coefficient (Wildman–Crippen LogP) is 4.40. The second-order valence-electron chi connectivity index (χ2n) is 5.04. The summed E-state index contributed by atoms with van der Waals surface area (Å²) >= 11 is 9.69. The van der Waals surface area contributed by atoms with Gasteiger partial charge in [0.15, 0.2) is 5.82 Å². The first-order valence-corrected chi connectivity index (χ1v) is 8.12. The molecule has 2 heterocycles. The van der Waals surface area contributed by atoms with Gasteiger partial charge in [0, 0.05) is 27.5 Å². The molecule has 0 saturated carbocycles. The van der Waals surface area contributed by atoms with Crippen molar-refractivity contribution in [3.8, 4) is 11.4 Å². The van der Waals surface area contributed by atoms with Crippen molar-refractivity contribution < 1.29 is 0 Å². The average molecular weight is 389 g/mol. The summed E-state index contributed by atoms with van der Waals surface area (Å²) in [5, 5.41) is 13.2. The van der Waals surface area contributed by atoms with Crippen molar-refractivity contribution in [3.05, 3.63) is 52.0 Å². The zero-order valence-electron chi connectivity index (χ0n) is 12.1. The Morgan fingerprint density at radius 3 is 2.78 bits per heavy atom. The van der Waals surface area contributed by atoms with E-state index in [-0.39, 0.29) is 0 Å². The third-order valence-electron chi connectivity index (χ3n) is 3.63. The van der Waals surface area contributed by atoms with Gasteiger partial charge in [0.2, 0.25) is 0 Å². The summed E-state index contributed by atoms with van der Waals surface area (Å²) < 4.78 is 2.90. The quantitative estimate of drug-likeness (QED) is 0.553. The molecule has 2 aromatic carbocycles. The van der Waals surface area contributed by atoms with Crippen molar-refractivity contribution in [1.82, 2.24) is 19.6 Å². The lowest BCUT2D eigenvalue weighted by molar-refractivity contribution is 1.10. The van der Waals surface area contributed by atoms with Gasteiger partial charge in [-0.1, -0.05) is 39.7 Å². The van der Waals surface area contributed by atoms with Crippen molar-refractivity contribution in [2.75, 3.05) is 12.4 Å². The van der Waals surface area contributed by atoms with E-state index in [4.69, 9.17) is 11.6 Å². The fourth-order valence-corrected chi connectivity index (χ4v) is 3.19. The number of nitrogens with one attached hydrogen (secondary N) is 1. The van der Waals surface area contributed by atoms with Crippen LogP contribution in [0.2, 0.25) is 5.02 Å². The molecule has 4 aromatic rings. The van der Waals surface area contributed by atoms with Crippen LogP contribution in [0.3, 0.4) is 0 Å². The van der Waals surface area contributed by atoms with Gasteiger partial charge in [0.05, 0.1) is 5.52 Å². The number of rotatable bonds is 2. The first-order valence-electron chi connectivity index (χ1n) is 6.95. The Balaban J connectivity index is 2.14. The van der Waals surface area contributed by atoms with Crippen molar-refractivity contribution in [1.29, 1.82) is 0 Å². The van der Waals surface area contributed by atoms with Crippen LogP contribution in [0, 0.1) is 0 Å². The molecule has 0 aliphatic carbocycles. The highest BCUT2D eigenvalue weighted by Gasteiger charge is 2.15. The van der Waals surface area contributed by atoms with Crippen LogP contribution in [0.15, 0.2) is 46.9 Å². The number of hydrogen-bond donors (Lipinski definition) is 1. The summed E-state index contributed by atoms with van der Waals surface area (Å²) in [7, 11) is 1.83. The van der Waals surface area contributed by atoms with Crippen LogP contribution in [0.1, 0.15) is 0 Å². The topological polar surface area (TPSA) is 55.1 Å². The molecule has 5 nitrogen and oxygen atoms in total. The molecule has 0 fully saturated rings. The van der Waals surface area contributed by atoms with Gasteiger partial charge in [0.1, 0.15) is 5.82 Å². The lowest BCUT2D eigenvalue weighted by Gasteiger charge is -2.09. The average Bonchev–Trinajstić information content (AvgIpc) is 2.98. The number of nitrogens with zero attached hydrogens (tertiary/aromatic N) is 4. The third-order valence-corrected chi connectivity index (χ3v) is 4.36. The molecule has 7 heteroatoms. The third kappa shape index (κ3) is 2.34. The molecule has 2 aromatic heterocycles. The number of hydrogen-bond acceptors (Lipinski definition) is 4. The molecule has 0 spiro atoms. The van der Waals surface area contributed by atoms with Crippen LogP contribution in [-0.2, 0) is 0 Å². The van der Waals surface area contributed by atoms with Gasteiger partial charge >= 0.3 is 0 Å². The lowest BCUT2D eigenvalue weighted by atomic mass is 10.2. The number of benzene rings is 2. The molecule has 114 valence electrons. The molecule has 0 unspecified atom stereocenters. The summed E-state index contributed by atoms with van der Waals surface area (Å²) in [6, 6.07) is 13.6. The predicted molar refractivity (Wildman–Crippen MR) is 96.0 cm³/mol. The van der Waals surface area contributed by atoms with Crippen molar-refractivity contribution >= 4 is 50.0 Å². The first kappa shape index (κ1) is 14.4. The second kappa shape index (κ2) is 5.47. The van der Waals surface area contributed by atoms with Crippen LogP contribution >= 0.6 is 27.5 Å². The molecule has 0 aliphatic heterocycles. The van der Waals surface area contributed by atoms with E-state index in [1.54, 1.807) is 0 Å². The smallest absolute Gasteiger partial charge is 0.257 e. The fourth-order valence-electron chi connectivity index (χ4n) is 2.63. The zero-order chi connectivity index (χ0) is 16.0. The maximum absolute atomic E-state index is 6.20. The van der Waals surface area contributed by atoms with E-state index in [1.807, 2.05) is 53.9 Å². The number of fused-ring (bicyclic) bond motifs is 3. The molecule has 0 radical (unpaired) electrons. The van der Waals surface area contributed by atoms with Crippen LogP contribution in [0.5, 0.6) is 0 Å². The molecule has 0 bridgehead atoms. The van der Waals surface area contributed by atoms with Crippen LogP contribution in [0.25, 0.3) is 28.1 Å². The Morgan fingerprint density at radius 2 is 2.00 bits per heavy atom. The summed E-state index contributed by atoms with van der Waals surface area (Å²) in [6.45, 7) is 0. The van der Waals surface area contributed by atoms with E-state index in [1.165, 1.54) is 0 Å². The minimum absolute atomic E-state index is 0.527. The van der Waals surface area contributed by atoms with Gasteiger partial charge in [-0.2, -0.15) is 4.98 Å². The molecule has 1 N–H and O–H groups in total. The van der Waals surface area contributed by atoms with E-state index >= 15 is 0 Å². The highest BCUT2D eigenvalue weighted by atomic mass is 79.9. The van der Waals surface area contributed by atoms with Crippen molar-refractivity contribution in [2.24, 2.45) is 0 Å². The Bertz CT molecular complexity index is 1040. The molecule has 0 amide bonds. The van der Waals surface area contributed by atoms with E-state index < -0.39 is 0 Å². The normalized spacial score (nSPS) is 11.3. The molecule has 0 atom stereocenters. The van der Waals surface area contributed by atoms with Gasteiger partial charge in [-0.25, -0.2) is 0 Å². The summed E-state index contributed by atoms with van der Waals surface area (Å²) in [5.41, 5.74) is 1.86. The van der Waals surface area contributed by atoms with Gasteiger partial charge < -0.3 is 5.32 Å². The molecular weight excluding hydrogens is 378 g/mol. The van der Waals surface area contributed by atoms with Gasteiger partial charge in [-0.15, -0.1) is 10.2 Å². The van der Waals surface area contributed by atoms with Gasteiger partial charge in [0.25, 0.3) is 5.78 Å². The highest BCUT2D eigenvalue weighted by Crippen LogP contribution is 2.29. The Hall–Kier alpha value is -2.18. The summed E-state index contributed by atoms with van der Waals surface area (Å²) in [4.78, 5) is 4.54. The Kier molecular flexibility index (Phi) is 3.43. The van der Waals surface area contributed by atoms with Crippen LogP contribution < -0.4 is 5.32 Å². The second-order valence-corrected chi connectivity index (χ2v) is 6.39. The van der Waals surface area contributed by atoms with E-state index in [0.717, 1.165) is 32.6 Å². The fraction of sp³-hybridized carbons (Fsp3) is 0.0625. The van der Waals surface area contributed by atoms with Crippen molar-refractivity contribution in [3.63, 3.8) is 0 Å². The van der Waals surface area contributed by atoms with Gasteiger partial charge in [-0.3, -0.25) is 4.40 Å². The van der Waals surface area contributed by atoms with E-state index in [2.05, 4.69) is 36.4 Å². The molecular formula is C16H11BrClN5. The standard InChI is InChI=1S/C16H11BrClN5/c1-19-14-12-6-5-11(18)8-13(12)23-15(21-22-16(23)20-14)9-3-2-4-10(17)7-9/h2-8H,1H3,(H,19,20,22). The SMILES string of the molecule is CNc1nc2nnc(-c3cccc(Br)c3)n2c2cc(Cl)ccc12. The zero-order valence-corrected chi connectivity index (χ0v) is 14.4. The summed E-state index contributed by atoms with van der Waals surface area (Å²) in [6.07, 6.45) is 0. The number of halogens is 2.